The van der Waals surface area contributed by atoms with E-state index in [4.69, 9.17) is 14.4 Å². The lowest BCUT2D eigenvalue weighted by atomic mass is 10.0. The van der Waals surface area contributed by atoms with Crippen molar-refractivity contribution in [3.8, 4) is 17.5 Å². The molecule has 2 atom stereocenters. The lowest BCUT2D eigenvalue weighted by Gasteiger charge is -2.34. The van der Waals surface area contributed by atoms with Crippen molar-refractivity contribution in [2.75, 3.05) is 26.2 Å². The number of nitrogens with zero attached hydrogens (tertiary/aromatic N) is 5. The molecule has 0 radical (unpaired) electrons. The highest BCUT2D eigenvalue weighted by Gasteiger charge is 2.31. The largest absolute Gasteiger partial charge is 0.487 e. The molecule has 2 saturated heterocycles. The monoisotopic (exact) mass is 632 g/mol. The first-order valence-electron chi connectivity index (χ1n) is 16.2. The van der Waals surface area contributed by atoms with Crippen molar-refractivity contribution in [2.45, 2.75) is 50.7 Å². The number of ether oxygens (including phenoxy) is 1. The zero-order valence-electron chi connectivity index (χ0n) is 26.1. The third-order valence-electron chi connectivity index (χ3n) is 9.09. The summed E-state index contributed by atoms with van der Waals surface area (Å²) in [7, 11) is 0. The highest BCUT2D eigenvalue weighted by Crippen LogP contribution is 2.28. The molecule has 0 bridgehead atoms. The maximum Gasteiger partial charge on any atom is 0.287 e. The smallest absolute Gasteiger partial charge is 0.287 e. The molecule has 240 valence electrons. The van der Waals surface area contributed by atoms with E-state index >= 15 is 4.39 Å². The predicted octanol–water partition coefficient (Wildman–Crippen LogP) is 5.88. The first kappa shape index (κ1) is 30.7. The summed E-state index contributed by atoms with van der Waals surface area (Å²) in [5.41, 5.74) is 4.54. The fourth-order valence-electron chi connectivity index (χ4n) is 6.47. The Bertz CT molecular complexity index is 1840. The van der Waals surface area contributed by atoms with Crippen LogP contribution in [0.15, 0.2) is 95.7 Å². The molecular weight excluding hydrogens is 595 g/mol. The lowest BCUT2D eigenvalue weighted by Crippen LogP contribution is -2.46. The summed E-state index contributed by atoms with van der Waals surface area (Å²) < 4.78 is 29.1. The Kier molecular flexibility index (Phi) is 9.00. The van der Waals surface area contributed by atoms with Gasteiger partial charge in [0.15, 0.2) is 5.76 Å². The number of nitrogens with one attached hydrogen (secondary N) is 1. The van der Waals surface area contributed by atoms with Crippen LogP contribution in [0.3, 0.4) is 0 Å². The topological polar surface area (TPSA) is 99.6 Å². The highest BCUT2D eigenvalue weighted by atomic mass is 19.1. The molecule has 1 N–H and O–H groups in total. The zero-order chi connectivity index (χ0) is 32.2. The normalized spacial score (nSPS) is 19.4. The molecule has 2 unspecified atom stereocenters. The van der Waals surface area contributed by atoms with E-state index in [1.165, 1.54) is 5.56 Å². The summed E-state index contributed by atoms with van der Waals surface area (Å²) in [4.78, 5) is 17.5. The van der Waals surface area contributed by atoms with Crippen LogP contribution < -0.4 is 10.1 Å². The Balaban J connectivity index is 0.884. The third-order valence-corrected chi connectivity index (χ3v) is 9.09. The van der Waals surface area contributed by atoms with E-state index < -0.39 is 12.3 Å². The molecule has 2 aliphatic heterocycles. The van der Waals surface area contributed by atoms with Crippen LogP contribution in [0, 0.1) is 11.3 Å². The van der Waals surface area contributed by atoms with Crippen molar-refractivity contribution in [3.63, 3.8) is 0 Å². The molecule has 5 aromatic rings. The molecule has 2 aromatic heterocycles. The molecule has 2 fully saturated rings. The number of hydrogen-bond donors (Lipinski definition) is 1. The van der Waals surface area contributed by atoms with Gasteiger partial charge in [0.2, 0.25) is 0 Å². The molecule has 2 aliphatic rings. The van der Waals surface area contributed by atoms with Crippen molar-refractivity contribution in [3.05, 3.63) is 114 Å². The van der Waals surface area contributed by atoms with Crippen molar-refractivity contribution in [1.29, 1.82) is 5.26 Å². The maximum atomic E-state index is 15.3. The predicted molar refractivity (Wildman–Crippen MR) is 176 cm³/mol. The molecule has 3 aromatic carbocycles. The molecule has 9 nitrogen and oxygen atoms in total. The molecule has 47 heavy (non-hydrogen) atoms. The standard InChI is InChI=1S/C37H37FN6O3/c38-33-25-43(24-28-6-8-31(9-7-28)44-16-1-15-40-44)19-14-35(33)46-32-10-11-34-29(20-32)21-36(47-34)37(45)41-30-12-17-42(18-13-30)23-27-4-2-26(22-39)3-5-27/h1-11,15-16,20-21,30,33,35H,12-14,17-19,23-25H2,(H,41,45). The molecule has 0 saturated carbocycles. The van der Waals surface area contributed by atoms with Gasteiger partial charge in [-0.25, -0.2) is 9.07 Å². The fourth-order valence-corrected chi connectivity index (χ4v) is 6.47. The maximum absolute atomic E-state index is 15.3. The van der Waals surface area contributed by atoms with Gasteiger partial charge in [0.25, 0.3) is 5.91 Å². The van der Waals surface area contributed by atoms with Gasteiger partial charge in [-0.1, -0.05) is 24.3 Å². The number of amides is 1. The van der Waals surface area contributed by atoms with Crippen molar-refractivity contribution < 1.29 is 18.3 Å². The van der Waals surface area contributed by atoms with E-state index in [2.05, 4.69) is 38.4 Å². The molecule has 10 heteroatoms. The number of aromatic nitrogens is 2. The number of carbonyl (C=O) groups is 1. The summed E-state index contributed by atoms with van der Waals surface area (Å²) >= 11 is 0. The number of piperidine rings is 2. The molecule has 1 amide bonds. The zero-order valence-corrected chi connectivity index (χ0v) is 26.1. The number of benzene rings is 3. The molecular formula is C37H37FN6O3. The Morgan fingerprint density at radius 3 is 2.38 bits per heavy atom. The highest BCUT2D eigenvalue weighted by molar-refractivity contribution is 5.96. The number of alkyl halides is 1. The first-order valence-corrected chi connectivity index (χ1v) is 16.2. The van der Waals surface area contributed by atoms with E-state index in [9.17, 15) is 4.79 Å². The van der Waals surface area contributed by atoms with Crippen molar-refractivity contribution in [2.24, 2.45) is 0 Å². The minimum atomic E-state index is -1.12. The second-order valence-electron chi connectivity index (χ2n) is 12.5. The molecule has 7 rings (SSSR count). The average Bonchev–Trinajstić information content (AvgIpc) is 3.79. The molecule has 0 spiro atoms. The van der Waals surface area contributed by atoms with Gasteiger partial charge in [-0.3, -0.25) is 14.6 Å². The lowest BCUT2D eigenvalue weighted by molar-refractivity contribution is 0.0191. The minimum Gasteiger partial charge on any atom is -0.487 e. The van der Waals surface area contributed by atoms with E-state index in [-0.39, 0.29) is 17.7 Å². The van der Waals surface area contributed by atoms with E-state index in [0.29, 0.717) is 36.4 Å². The van der Waals surface area contributed by atoms with E-state index in [1.54, 1.807) is 24.4 Å². The van der Waals surface area contributed by atoms with Crippen molar-refractivity contribution >= 4 is 16.9 Å². The number of carbonyl (C=O) groups excluding carboxylic acids is 1. The van der Waals surface area contributed by atoms with E-state index in [0.717, 1.165) is 55.7 Å². The number of nitriles is 1. The van der Waals surface area contributed by atoms with Gasteiger partial charge >= 0.3 is 0 Å². The third kappa shape index (κ3) is 7.38. The summed E-state index contributed by atoms with van der Waals surface area (Å²) in [6, 6.07) is 27.1. The molecule has 0 aliphatic carbocycles. The number of likely N-dealkylation sites (tertiary alicyclic amines) is 2. The molecule has 4 heterocycles. The number of fused-ring (bicyclic) bond motifs is 1. The van der Waals surface area contributed by atoms with Crippen LogP contribution in [0.4, 0.5) is 4.39 Å². The number of halogens is 1. The summed E-state index contributed by atoms with van der Waals surface area (Å²) in [6.07, 6.45) is 4.27. The number of rotatable bonds is 9. The van der Waals surface area contributed by atoms with Crippen LogP contribution in [0.2, 0.25) is 0 Å². The number of hydrogen-bond acceptors (Lipinski definition) is 7. The Labute approximate surface area is 273 Å². The quantitative estimate of drug-likeness (QED) is 0.217. The van der Waals surface area contributed by atoms with Gasteiger partial charge in [-0.05, 0) is 85.0 Å². The second-order valence-corrected chi connectivity index (χ2v) is 12.5. The Hall–Kier alpha value is -4.98. The van der Waals surface area contributed by atoms with Crippen LogP contribution in [0.5, 0.6) is 5.75 Å². The van der Waals surface area contributed by atoms with Crippen LogP contribution >= 0.6 is 0 Å². The van der Waals surface area contributed by atoms with Gasteiger partial charge in [0.05, 0.1) is 17.3 Å². The van der Waals surface area contributed by atoms with Gasteiger partial charge in [-0.15, -0.1) is 0 Å². The van der Waals surface area contributed by atoms with Crippen LogP contribution in [-0.4, -0.2) is 70.0 Å². The average molecular weight is 633 g/mol. The van der Waals surface area contributed by atoms with Gasteiger partial charge in [-0.2, -0.15) is 10.4 Å². The second kappa shape index (κ2) is 13.8. The van der Waals surface area contributed by atoms with Gasteiger partial charge in [0.1, 0.15) is 23.6 Å². The Morgan fingerprint density at radius 1 is 0.957 bits per heavy atom. The number of furan rings is 1. The minimum absolute atomic E-state index is 0.0700. The fraction of sp³-hybridized carbons (Fsp3) is 0.324. The van der Waals surface area contributed by atoms with E-state index in [1.807, 2.05) is 59.4 Å². The SMILES string of the molecule is N#Cc1ccc(CN2CCC(NC(=O)c3cc4cc(OC5CCN(Cc6ccc(-n7cccn7)cc6)CC5F)ccc4o3)CC2)cc1. The summed E-state index contributed by atoms with van der Waals surface area (Å²) in [6.45, 7) is 4.29. The summed E-state index contributed by atoms with van der Waals surface area (Å²) in [5.74, 6) is 0.586. The van der Waals surface area contributed by atoms with Crippen LogP contribution in [0.1, 0.15) is 46.5 Å². The van der Waals surface area contributed by atoms with Crippen LogP contribution in [-0.2, 0) is 13.1 Å². The van der Waals surface area contributed by atoms with Crippen molar-refractivity contribution in [1.82, 2.24) is 24.9 Å². The first-order chi connectivity index (χ1) is 23.0. The summed E-state index contributed by atoms with van der Waals surface area (Å²) in [5, 5.41) is 17.1. The van der Waals surface area contributed by atoms with Crippen LogP contribution in [0.25, 0.3) is 16.7 Å². The van der Waals surface area contributed by atoms with Gasteiger partial charge < -0.3 is 14.5 Å². The Morgan fingerprint density at radius 2 is 1.68 bits per heavy atom. The van der Waals surface area contributed by atoms with Gasteiger partial charge in [0, 0.05) is 63.1 Å².